The summed E-state index contributed by atoms with van der Waals surface area (Å²) in [6.07, 6.45) is -0.184. The van der Waals surface area contributed by atoms with Crippen LogP contribution in [0.2, 0.25) is 0 Å². The third kappa shape index (κ3) is 4.97. The predicted octanol–water partition coefficient (Wildman–Crippen LogP) is 2.85. The lowest BCUT2D eigenvalue weighted by Crippen LogP contribution is -2.06. The zero-order valence-electron chi connectivity index (χ0n) is 11.7. The minimum absolute atomic E-state index is 0.168. The summed E-state index contributed by atoms with van der Waals surface area (Å²) in [6.45, 7) is 3.65. The summed E-state index contributed by atoms with van der Waals surface area (Å²) in [4.78, 5) is 22.0. The smallest absolute Gasteiger partial charge is 0.335 e. The van der Waals surface area contributed by atoms with Crippen LogP contribution in [0.5, 0.6) is 0 Å². The molecule has 1 rings (SSSR count). The molecule has 0 radical (unpaired) electrons. The summed E-state index contributed by atoms with van der Waals surface area (Å²) >= 11 is 0. The van der Waals surface area contributed by atoms with Crippen molar-refractivity contribution in [3.05, 3.63) is 34.9 Å². The topological polar surface area (TPSA) is 110 Å². The Balaban J connectivity index is 3.19. The van der Waals surface area contributed by atoms with Gasteiger partial charge >= 0.3 is 19.5 Å². The molecule has 21 heavy (non-hydrogen) atoms. The fourth-order valence-electron chi connectivity index (χ4n) is 1.78. The number of carboxylic acid groups (broad SMARTS) is 2. The molecule has 0 aliphatic carbocycles. The first-order chi connectivity index (χ1) is 9.81. The van der Waals surface area contributed by atoms with Crippen LogP contribution in [-0.2, 0) is 19.8 Å². The Kier molecular flexibility index (Phi) is 6.08. The van der Waals surface area contributed by atoms with Gasteiger partial charge in [-0.3, -0.25) is 4.57 Å². The standard InChI is InChI=1S/C13H17O7P/c1-3-19-21(18,20-4-2)8-9-5-10(12(14)15)7-11(6-9)13(16)17/h5-7H,3-4,8H2,1-2H3,(H,14,15)(H,16,17). The summed E-state index contributed by atoms with van der Waals surface area (Å²) in [7, 11) is -3.43. The van der Waals surface area contributed by atoms with E-state index >= 15 is 0 Å². The van der Waals surface area contributed by atoms with E-state index in [0.29, 0.717) is 0 Å². The van der Waals surface area contributed by atoms with Crippen molar-refractivity contribution < 1.29 is 33.4 Å². The molecule has 0 atom stereocenters. The molecule has 0 spiro atoms. The van der Waals surface area contributed by atoms with Crippen LogP contribution in [0.4, 0.5) is 0 Å². The van der Waals surface area contributed by atoms with Crippen molar-refractivity contribution in [1.29, 1.82) is 0 Å². The summed E-state index contributed by atoms with van der Waals surface area (Å²) in [5.74, 6) is -2.52. The van der Waals surface area contributed by atoms with Gasteiger partial charge in [-0.25, -0.2) is 9.59 Å². The second-order valence-electron chi connectivity index (χ2n) is 4.13. The van der Waals surface area contributed by atoms with Crippen molar-refractivity contribution in [3.8, 4) is 0 Å². The van der Waals surface area contributed by atoms with E-state index in [1.807, 2.05) is 0 Å². The predicted molar refractivity (Wildman–Crippen MR) is 74.9 cm³/mol. The van der Waals surface area contributed by atoms with Crippen LogP contribution in [-0.4, -0.2) is 35.4 Å². The van der Waals surface area contributed by atoms with E-state index in [4.69, 9.17) is 19.3 Å². The fraction of sp³-hybridized carbons (Fsp3) is 0.385. The average molecular weight is 316 g/mol. The Labute approximate surface area is 122 Å². The SMILES string of the molecule is CCOP(=O)(Cc1cc(C(=O)O)cc(C(=O)O)c1)OCC. The van der Waals surface area contributed by atoms with Crippen molar-refractivity contribution in [2.45, 2.75) is 20.0 Å². The monoisotopic (exact) mass is 316 g/mol. The Morgan fingerprint density at radius 1 is 1.00 bits per heavy atom. The van der Waals surface area contributed by atoms with Crippen LogP contribution in [0.1, 0.15) is 40.1 Å². The number of carbonyl (C=O) groups is 2. The third-order valence-electron chi connectivity index (χ3n) is 2.51. The molecule has 0 aliphatic rings. The first kappa shape index (κ1) is 17.4. The van der Waals surface area contributed by atoms with Crippen molar-refractivity contribution in [2.24, 2.45) is 0 Å². The lowest BCUT2D eigenvalue weighted by atomic mass is 10.1. The minimum atomic E-state index is -3.43. The number of hydrogen-bond acceptors (Lipinski definition) is 5. The van der Waals surface area contributed by atoms with E-state index in [0.717, 1.165) is 6.07 Å². The Hall–Kier alpha value is -1.69. The first-order valence-electron chi connectivity index (χ1n) is 6.30. The molecular weight excluding hydrogens is 299 g/mol. The van der Waals surface area contributed by atoms with Gasteiger partial charge in [0.25, 0.3) is 0 Å². The van der Waals surface area contributed by atoms with Crippen molar-refractivity contribution in [1.82, 2.24) is 0 Å². The van der Waals surface area contributed by atoms with Crippen LogP contribution < -0.4 is 0 Å². The molecule has 0 unspecified atom stereocenters. The van der Waals surface area contributed by atoms with Gasteiger partial charge in [-0.2, -0.15) is 0 Å². The maximum absolute atomic E-state index is 12.4. The van der Waals surface area contributed by atoms with Crippen LogP contribution in [0.3, 0.4) is 0 Å². The van der Waals surface area contributed by atoms with Gasteiger partial charge in [0, 0.05) is 0 Å². The van der Waals surface area contributed by atoms with Gasteiger partial charge in [0.2, 0.25) is 0 Å². The van der Waals surface area contributed by atoms with Crippen molar-refractivity contribution >= 4 is 19.5 Å². The fourth-order valence-corrected chi connectivity index (χ4v) is 3.45. The maximum atomic E-state index is 12.4. The minimum Gasteiger partial charge on any atom is -0.478 e. The Morgan fingerprint density at radius 2 is 1.43 bits per heavy atom. The number of benzene rings is 1. The van der Waals surface area contributed by atoms with Gasteiger partial charge in [-0.15, -0.1) is 0 Å². The Morgan fingerprint density at radius 3 is 1.76 bits per heavy atom. The molecule has 8 heteroatoms. The zero-order valence-corrected chi connectivity index (χ0v) is 12.6. The maximum Gasteiger partial charge on any atom is 0.335 e. The van der Waals surface area contributed by atoms with Crippen molar-refractivity contribution in [3.63, 3.8) is 0 Å². The van der Waals surface area contributed by atoms with Gasteiger partial charge in [-0.1, -0.05) is 0 Å². The molecule has 1 aromatic rings. The first-order valence-corrected chi connectivity index (χ1v) is 8.02. The number of aromatic carboxylic acids is 2. The second-order valence-corrected chi connectivity index (χ2v) is 6.19. The molecule has 2 N–H and O–H groups in total. The largest absolute Gasteiger partial charge is 0.478 e. The van der Waals surface area contributed by atoms with Crippen LogP contribution in [0.25, 0.3) is 0 Å². The van der Waals surface area contributed by atoms with Crippen molar-refractivity contribution in [2.75, 3.05) is 13.2 Å². The third-order valence-corrected chi connectivity index (χ3v) is 4.57. The highest BCUT2D eigenvalue weighted by molar-refractivity contribution is 7.53. The molecule has 1 aromatic carbocycles. The molecule has 0 heterocycles. The van der Waals surface area contributed by atoms with E-state index in [1.165, 1.54) is 12.1 Å². The van der Waals surface area contributed by atoms with Crippen LogP contribution in [0.15, 0.2) is 18.2 Å². The highest BCUT2D eigenvalue weighted by Gasteiger charge is 2.25. The van der Waals surface area contributed by atoms with E-state index in [-0.39, 0.29) is 36.1 Å². The van der Waals surface area contributed by atoms with Gasteiger partial charge in [0.1, 0.15) is 0 Å². The molecular formula is C13H17O7P. The molecule has 0 bridgehead atoms. The average Bonchev–Trinajstić information content (AvgIpc) is 2.38. The van der Waals surface area contributed by atoms with Crippen LogP contribution >= 0.6 is 7.60 Å². The molecule has 0 saturated carbocycles. The van der Waals surface area contributed by atoms with Gasteiger partial charge in [0.15, 0.2) is 0 Å². The lowest BCUT2D eigenvalue weighted by Gasteiger charge is -2.17. The van der Waals surface area contributed by atoms with E-state index in [2.05, 4.69) is 0 Å². The highest BCUT2D eigenvalue weighted by Crippen LogP contribution is 2.51. The zero-order chi connectivity index (χ0) is 16.0. The molecule has 0 amide bonds. The molecule has 7 nitrogen and oxygen atoms in total. The van der Waals surface area contributed by atoms with Gasteiger partial charge in [0.05, 0.1) is 30.5 Å². The Bertz CT molecular complexity index is 540. The molecule has 0 fully saturated rings. The number of hydrogen-bond donors (Lipinski definition) is 2. The summed E-state index contributed by atoms with van der Waals surface area (Å²) in [6, 6.07) is 3.57. The second kappa shape index (κ2) is 7.36. The van der Waals surface area contributed by atoms with Gasteiger partial charge in [-0.05, 0) is 37.6 Å². The van der Waals surface area contributed by atoms with Gasteiger partial charge < -0.3 is 19.3 Å². The summed E-state index contributed by atoms with van der Waals surface area (Å²) < 4.78 is 22.6. The van der Waals surface area contributed by atoms with Crippen LogP contribution in [0, 0.1) is 0 Å². The normalized spacial score (nSPS) is 11.3. The quantitative estimate of drug-likeness (QED) is 0.709. The number of carboxylic acids is 2. The van der Waals surface area contributed by atoms with E-state index in [1.54, 1.807) is 13.8 Å². The number of rotatable bonds is 8. The molecule has 0 aliphatic heterocycles. The summed E-state index contributed by atoms with van der Waals surface area (Å²) in [5.41, 5.74) is -0.105. The highest BCUT2D eigenvalue weighted by atomic mass is 31.2. The molecule has 0 aromatic heterocycles. The van der Waals surface area contributed by atoms with E-state index in [9.17, 15) is 14.2 Å². The molecule has 116 valence electrons. The summed E-state index contributed by atoms with van der Waals surface area (Å²) in [5, 5.41) is 18.0. The molecule has 0 saturated heterocycles. The lowest BCUT2D eigenvalue weighted by molar-refractivity contribution is 0.0696. The van der Waals surface area contributed by atoms with E-state index < -0.39 is 19.5 Å².